The Bertz CT molecular complexity index is 839. The first kappa shape index (κ1) is 28.8. The molecule has 192 valence electrons. The second-order valence-electron chi connectivity index (χ2n) is 9.11. The van der Waals surface area contributed by atoms with E-state index in [9.17, 15) is 23.1 Å². The van der Waals surface area contributed by atoms with Crippen molar-refractivity contribution in [2.45, 2.75) is 77.4 Å². The fraction of sp³-hybridized carbons (Fsp3) is 0.640. The van der Waals surface area contributed by atoms with Crippen molar-refractivity contribution in [2.24, 2.45) is 11.8 Å². The van der Waals surface area contributed by atoms with Crippen molar-refractivity contribution < 1.29 is 27.8 Å². The lowest BCUT2D eigenvalue weighted by molar-refractivity contribution is -0.150. The first-order valence-electron chi connectivity index (χ1n) is 11.8. The minimum Gasteiger partial charge on any atom is -0.397 e. The van der Waals surface area contributed by atoms with Gasteiger partial charge < -0.3 is 20.9 Å². The number of piperidine rings is 1. The van der Waals surface area contributed by atoms with Crippen LogP contribution >= 0.6 is 15.9 Å². The van der Waals surface area contributed by atoms with Gasteiger partial charge in [0.2, 0.25) is 0 Å². The lowest BCUT2D eigenvalue weighted by atomic mass is 9.78. The molecule has 0 aromatic heterocycles. The van der Waals surface area contributed by atoms with Crippen LogP contribution in [-0.4, -0.2) is 36.4 Å². The van der Waals surface area contributed by atoms with Crippen molar-refractivity contribution in [3.63, 3.8) is 0 Å². The fourth-order valence-corrected chi connectivity index (χ4v) is 5.20. The molecule has 0 radical (unpaired) electrons. The zero-order chi connectivity index (χ0) is 25.5. The standard InChI is InChI=1S/C25H36BrF3N2O3/c1-4-5-18(19-8-10-31-11-9-19)7-6-15(2)24(33)22(34-16(3)32)14-17-12-20(25(27,28)29)23(30)21(26)13-17/h12-13,16,18-19,22,31-32H,2,4-11,14,30H2,1,3H3/t16?,18?,22-/m1/s1. The third-order valence-corrected chi connectivity index (χ3v) is 7.10. The predicted octanol–water partition coefficient (Wildman–Crippen LogP) is 5.64. The van der Waals surface area contributed by atoms with Crippen LogP contribution in [0.2, 0.25) is 0 Å². The lowest BCUT2D eigenvalue weighted by Gasteiger charge is -2.31. The molecular weight excluding hydrogens is 513 g/mol. The summed E-state index contributed by atoms with van der Waals surface area (Å²) in [6, 6.07) is 2.36. The van der Waals surface area contributed by atoms with Gasteiger partial charge in [-0.3, -0.25) is 4.79 Å². The van der Waals surface area contributed by atoms with Gasteiger partial charge in [-0.15, -0.1) is 0 Å². The Hall–Kier alpha value is -1.42. The molecular formula is C25H36BrF3N2O3. The van der Waals surface area contributed by atoms with E-state index in [2.05, 4.69) is 34.7 Å². The molecule has 0 spiro atoms. The van der Waals surface area contributed by atoms with Gasteiger partial charge in [-0.1, -0.05) is 26.3 Å². The number of nitrogen functional groups attached to an aromatic ring is 1. The molecule has 0 aliphatic carbocycles. The third kappa shape index (κ3) is 8.36. The smallest absolute Gasteiger partial charge is 0.397 e. The van der Waals surface area contributed by atoms with E-state index in [4.69, 9.17) is 10.5 Å². The van der Waals surface area contributed by atoms with E-state index in [1.54, 1.807) is 0 Å². The summed E-state index contributed by atoms with van der Waals surface area (Å²) in [6.45, 7) is 9.48. The number of anilines is 1. The molecule has 1 aliphatic rings. The number of carbonyl (C=O) groups is 1. The number of halogens is 4. The van der Waals surface area contributed by atoms with Gasteiger partial charge in [0.25, 0.3) is 0 Å². The topological polar surface area (TPSA) is 84.6 Å². The van der Waals surface area contributed by atoms with Crippen LogP contribution in [0.25, 0.3) is 0 Å². The van der Waals surface area contributed by atoms with E-state index in [1.165, 1.54) is 13.0 Å². The van der Waals surface area contributed by atoms with E-state index in [1.807, 2.05) is 0 Å². The number of carbonyl (C=O) groups excluding carboxylic acids is 1. The van der Waals surface area contributed by atoms with Gasteiger partial charge in [-0.05, 0) is 96.7 Å². The van der Waals surface area contributed by atoms with E-state index in [-0.39, 0.29) is 16.5 Å². The average Bonchev–Trinajstić information content (AvgIpc) is 2.77. The molecule has 0 bridgehead atoms. The van der Waals surface area contributed by atoms with Crippen LogP contribution in [0.1, 0.15) is 63.5 Å². The number of Topliss-reactive ketones (excluding diaryl/α,β-unsaturated/α-hetero) is 1. The number of ether oxygens (including phenoxy) is 1. The Balaban J connectivity index is 2.14. The molecule has 2 unspecified atom stereocenters. The minimum atomic E-state index is -4.64. The summed E-state index contributed by atoms with van der Waals surface area (Å²) in [7, 11) is 0. The molecule has 0 saturated carbocycles. The van der Waals surface area contributed by atoms with E-state index in [0.29, 0.717) is 23.8 Å². The summed E-state index contributed by atoms with van der Waals surface area (Å²) in [6.07, 6.45) is -1.48. The number of nitrogens with one attached hydrogen (secondary N) is 1. The van der Waals surface area contributed by atoms with Gasteiger partial charge in [0, 0.05) is 10.9 Å². The summed E-state index contributed by atoms with van der Waals surface area (Å²) in [5, 5.41) is 13.1. The second kappa shape index (κ2) is 13.0. The van der Waals surface area contributed by atoms with Gasteiger partial charge >= 0.3 is 6.18 Å². The first-order chi connectivity index (χ1) is 15.9. The van der Waals surface area contributed by atoms with E-state index < -0.39 is 35.6 Å². The maximum atomic E-state index is 13.4. The molecule has 1 heterocycles. The second-order valence-corrected chi connectivity index (χ2v) is 9.96. The number of ketones is 1. The van der Waals surface area contributed by atoms with Crippen LogP contribution in [0.3, 0.4) is 0 Å². The Labute approximate surface area is 208 Å². The molecule has 3 atom stereocenters. The fourth-order valence-electron chi connectivity index (χ4n) is 4.69. The molecule has 4 N–H and O–H groups in total. The summed E-state index contributed by atoms with van der Waals surface area (Å²) >= 11 is 3.07. The van der Waals surface area contributed by atoms with Crippen LogP contribution in [-0.2, 0) is 22.1 Å². The highest BCUT2D eigenvalue weighted by atomic mass is 79.9. The highest BCUT2D eigenvalue weighted by Crippen LogP contribution is 2.38. The van der Waals surface area contributed by atoms with Crippen molar-refractivity contribution in [3.8, 4) is 0 Å². The number of hydrogen-bond donors (Lipinski definition) is 3. The summed E-state index contributed by atoms with van der Waals surface area (Å²) < 4.78 is 45.6. The number of alkyl halides is 3. The van der Waals surface area contributed by atoms with Crippen molar-refractivity contribution in [3.05, 3.63) is 39.9 Å². The lowest BCUT2D eigenvalue weighted by Crippen LogP contribution is -2.33. The molecule has 2 rings (SSSR count). The molecule has 5 nitrogen and oxygen atoms in total. The van der Waals surface area contributed by atoms with Crippen LogP contribution in [0.15, 0.2) is 28.8 Å². The Morgan fingerprint density at radius 3 is 2.53 bits per heavy atom. The molecule has 1 fully saturated rings. The number of rotatable bonds is 12. The Kier molecular flexibility index (Phi) is 11.1. The van der Waals surface area contributed by atoms with Crippen LogP contribution in [0.5, 0.6) is 0 Å². The highest BCUT2D eigenvalue weighted by Gasteiger charge is 2.35. The van der Waals surface area contributed by atoms with Crippen molar-refractivity contribution in [1.82, 2.24) is 5.32 Å². The zero-order valence-corrected chi connectivity index (χ0v) is 21.5. The van der Waals surface area contributed by atoms with Gasteiger partial charge in [0.1, 0.15) is 6.10 Å². The number of benzene rings is 1. The third-order valence-electron chi connectivity index (χ3n) is 6.44. The van der Waals surface area contributed by atoms with Gasteiger partial charge in [0.05, 0.1) is 11.3 Å². The maximum Gasteiger partial charge on any atom is 0.418 e. The average molecular weight is 549 g/mol. The SMILES string of the molecule is C=C(CCC(CCC)C1CCNCC1)C(=O)[C@@H](Cc1cc(Br)c(N)c(C(F)(F)F)c1)OC(C)O. The molecule has 1 aromatic carbocycles. The number of nitrogens with two attached hydrogens (primary N) is 1. The summed E-state index contributed by atoms with van der Waals surface area (Å²) in [4.78, 5) is 13.2. The highest BCUT2D eigenvalue weighted by molar-refractivity contribution is 9.10. The van der Waals surface area contributed by atoms with Crippen molar-refractivity contribution in [2.75, 3.05) is 18.8 Å². The van der Waals surface area contributed by atoms with Crippen LogP contribution in [0, 0.1) is 11.8 Å². The molecule has 1 aromatic rings. The molecule has 1 saturated heterocycles. The molecule has 9 heteroatoms. The first-order valence-corrected chi connectivity index (χ1v) is 12.6. The quantitative estimate of drug-likeness (QED) is 0.179. The predicted molar refractivity (Wildman–Crippen MR) is 131 cm³/mol. The number of aliphatic hydroxyl groups is 1. The van der Waals surface area contributed by atoms with Crippen molar-refractivity contribution in [1.29, 1.82) is 0 Å². The number of aliphatic hydroxyl groups excluding tert-OH is 1. The Morgan fingerprint density at radius 2 is 1.97 bits per heavy atom. The minimum absolute atomic E-state index is 0.0868. The summed E-state index contributed by atoms with van der Waals surface area (Å²) in [5.41, 5.74) is 4.78. The van der Waals surface area contributed by atoms with Gasteiger partial charge in [-0.2, -0.15) is 13.2 Å². The summed E-state index contributed by atoms with van der Waals surface area (Å²) in [5.74, 6) is 0.708. The monoisotopic (exact) mass is 548 g/mol. The van der Waals surface area contributed by atoms with E-state index in [0.717, 1.165) is 51.3 Å². The zero-order valence-electron chi connectivity index (χ0n) is 19.9. The van der Waals surface area contributed by atoms with Gasteiger partial charge in [0.15, 0.2) is 12.1 Å². The normalized spacial score (nSPS) is 17.9. The van der Waals surface area contributed by atoms with E-state index >= 15 is 0 Å². The van der Waals surface area contributed by atoms with Crippen LogP contribution < -0.4 is 11.1 Å². The number of hydrogen-bond acceptors (Lipinski definition) is 5. The molecule has 0 amide bonds. The maximum absolute atomic E-state index is 13.4. The Morgan fingerprint density at radius 1 is 1.32 bits per heavy atom. The van der Waals surface area contributed by atoms with Gasteiger partial charge in [-0.25, -0.2) is 0 Å². The van der Waals surface area contributed by atoms with Crippen LogP contribution in [0.4, 0.5) is 18.9 Å². The molecule has 34 heavy (non-hydrogen) atoms. The largest absolute Gasteiger partial charge is 0.418 e. The van der Waals surface area contributed by atoms with Crippen molar-refractivity contribution >= 4 is 27.4 Å². The molecule has 1 aliphatic heterocycles.